The Morgan fingerprint density at radius 2 is 2.16 bits per heavy atom. The minimum absolute atomic E-state index is 0.0954. The molecule has 4 unspecified atom stereocenters. The summed E-state index contributed by atoms with van der Waals surface area (Å²) in [6, 6.07) is 4.25. The molecule has 0 spiro atoms. The van der Waals surface area contributed by atoms with Crippen LogP contribution in [-0.2, 0) is 6.54 Å². The molecule has 2 saturated carbocycles. The molecule has 1 aromatic heterocycles. The van der Waals surface area contributed by atoms with Gasteiger partial charge in [0.2, 0.25) is 0 Å². The van der Waals surface area contributed by atoms with Crippen LogP contribution in [0.2, 0.25) is 0 Å². The second-order valence-electron chi connectivity index (χ2n) is 6.58. The molecule has 0 aromatic carbocycles. The van der Waals surface area contributed by atoms with Crippen molar-refractivity contribution in [2.75, 3.05) is 13.6 Å². The van der Waals surface area contributed by atoms with E-state index in [1.807, 2.05) is 0 Å². The van der Waals surface area contributed by atoms with Crippen LogP contribution in [0, 0.1) is 11.8 Å². The van der Waals surface area contributed by atoms with Crippen LogP contribution in [0.1, 0.15) is 50.0 Å². The number of furan rings is 1. The van der Waals surface area contributed by atoms with E-state index in [9.17, 15) is 5.11 Å². The molecule has 0 saturated heterocycles. The van der Waals surface area contributed by atoms with E-state index >= 15 is 0 Å². The molecule has 0 amide bonds. The fourth-order valence-electron chi connectivity index (χ4n) is 3.36. The topological polar surface area (TPSA) is 36.6 Å². The Morgan fingerprint density at radius 3 is 2.79 bits per heavy atom. The largest absolute Gasteiger partial charge is 0.464 e. The maximum absolute atomic E-state index is 9.87. The summed E-state index contributed by atoms with van der Waals surface area (Å²) in [5.41, 5.74) is 0. The van der Waals surface area contributed by atoms with E-state index in [1.165, 1.54) is 12.8 Å². The number of aliphatic hydroxyl groups excluding tert-OH is 1. The van der Waals surface area contributed by atoms with Crippen molar-refractivity contribution in [2.24, 2.45) is 11.8 Å². The predicted octanol–water partition coefficient (Wildman–Crippen LogP) is 3.00. The zero-order valence-electron chi connectivity index (χ0n) is 12.0. The third-order valence-electron chi connectivity index (χ3n) is 4.75. The Bertz CT molecular complexity index is 428. The van der Waals surface area contributed by atoms with Gasteiger partial charge >= 0.3 is 0 Å². The van der Waals surface area contributed by atoms with Crippen molar-refractivity contribution in [3.8, 4) is 0 Å². The molecular weight excluding hydrogens is 238 g/mol. The highest BCUT2D eigenvalue weighted by molar-refractivity contribution is 5.17. The van der Waals surface area contributed by atoms with E-state index in [0.29, 0.717) is 11.8 Å². The molecule has 3 heteroatoms. The smallest absolute Gasteiger partial charge is 0.118 e. The van der Waals surface area contributed by atoms with Gasteiger partial charge in [0.15, 0.2) is 0 Å². The number of hydrogen-bond acceptors (Lipinski definition) is 3. The third kappa shape index (κ3) is 3.03. The second kappa shape index (κ2) is 5.29. The molecule has 1 N–H and O–H groups in total. The van der Waals surface area contributed by atoms with E-state index in [1.54, 1.807) is 0 Å². The lowest BCUT2D eigenvalue weighted by Gasteiger charge is -2.22. The van der Waals surface area contributed by atoms with Gasteiger partial charge in [-0.25, -0.2) is 0 Å². The Balaban J connectivity index is 1.51. The molecule has 0 aliphatic heterocycles. The van der Waals surface area contributed by atoms with Crippen LogP contribution < -0.4 is 0 Å². The molecule has 4 atom stereocenters. The number of aliphatic hydroxyl groups is 1. The first-order valence-electron chi connectivity index (χ1n) is 7.58. The van der Waals surface area contributed by atoms with Crippen molar-refractivity contribution < 1.29 is 9.52 Å². The summed E-state index contributed by atoms with van der Waals surface area (Å²) in [5.74, 6) is 4.13. The molecule has 0 radical (unpaired) electrons. The Morgan fingerprint density at radius 1 is 1.37 bits per heavy atom. The predicted molar refractivity (Wildman–Crippen MR) is 74.9 cm³/mol. The van der Waals surface area contributed by atoms with Crippen LogP contribution in [-0.4, -0.2) is 29.7 Å². The Labute approximate surface area is 115 Å². The first-order valence-corrected chi connectivity index (χ1v) is 7.58. The molecule has 2 aliphatic carbocycles. The van der Waals surface area contributed by atoms with Gasteiger partial charge in [0.05, 0.1) is 12.6 Å². The van der Waals surface area contributed by atoms with Crippen LogP contribution in [0.4, 0.5) is 0 Å². The lowest BCUT2D eigenvalue weighted by molar-refractivity contribution is 0.106. The van der Waals surface area contributed by atoms with Gasteiger partial charge in [0, 0.05) is 12.5 Å². The highest BCUT2D eigenvalue weighted by Crippen LogP contribution is 2.47. The summed E-state index contributed by atoms with van der Waals surface area (Å²) in [6.07, 6.45) is 4.49. The first-order chi connectivity index (χ1) is 9.13. The van der Waals surface area contributed by atoms with Crippen LogP contribution in [0.25, 0.3) is 0 Å². The van der Waals surface area contributed by atoms with Gasteiger partial charge in [0.25, 0.3) is 0 Å². The quantitative estimate of drug-likeness (QED) is 0.887. The lowest BCUT2D eigenvalue weighted by atomic mass is 10.1. The zero-order valence-corrected chi connectivity index (χ0v) is 12.0. The van der Waals surface area contributed by atoms with Gasteiger partial charge in [-0.1, -0.05) is 13.3 Å². The molecule has 2 fully saturated rings. The molecule has 106 valence electrons. The van der Waals surface area contributed by atoms with Crippen molar-refractivity contribution in [1.82, 2.24) is 4.90 Å². The molecular formula is C16H25NO2. The van der Waals surface area contributed by atoms with Crippen molar-refractivity contribution >= 4 is 0 Å². The number of hydrogen-bond donors (Lipinski definition) is 1. The van der Waals surface area contributed by atoms with Gasteiger partial charge in [-0.05, 0) is 50.3 Å². The van der Waals surface area contributed by atoms with Crippen molar-refractivity contribution in [2.45, 2.75) is 51.2 Å². The molecule has 1 aromatic rings. The van der Waals surface area contributed by atoms with Gasteiger partial charge < -0.3 is 9.52 Å². The summed E-state index contributed by atoms with van der Waals surface area (Å²) in [5, 5.41) is 9.87. The highest BCUT2D eigenvalue weighted by Gasteiger charge is 2.36. The van der Waals surface area contributed by atoms with E-state index < -0.39 is 0 Å². The molecule has 19 heavy (non-hydrogen) atoms. The number of rotatable bonds is 5. The molecule has 2 aliphatic rings. The first kappa shape index (κ1) is 13.2. The monoisotopic (exact) mass is 263 g/mol. The fourth-order valence-corrected chi connectivity index (χ4v) is 3.36. The SMILES string of the molecule is CC1CC1c1ccc(CN(C)CC2CCCC2O)o1. The Kier molecular flexibility index (Phi) is 3.68. The normalized spacial score (nSPS) is 34.1. The Hall–Kier alpha value is -0.800. The van der Waals surface area contributed by atoms with Gasteiger partial charge in [-0.15, -0.1) is 0 Å². The minimum atomic E-state index is -0.0954. The minimum Gasteiger partial charge on any atom is -0.464 e. The standard InChI is InChI=1S/C16H25NO2/c1-11-8-14(11)16-7-6-13(19-16)10-17(2)9-12-4-3-5-15(12)18/h6-7,11-12,14-15,18H,3-5,8-10H2,1-2H3. The molecule has 1 heterocycles. The van der Waals surface area contributed by atoms with Crippen molar-refractivity contribution in [3.05, 3.63) is 23.7 Å². The zero-order chi connectivity index (χ0) is 13.4. The average Bonchev–Trinajstić information content (AvgIpc) is 2.75. The van der Waals surface area contributed by atoms with E-state index in [4.69, 9.17) is 4.42 Å². The summed E-state index contributed by atoms with van der Waals surface area (Å²) in [6.45, 7) is 4.10. The molecule has 3 nitrogen and oxygen atoms in total. The van der Waals surface area contributed by atoms with Crippen LogP contribution in [0.3, 0.4) is 0 Å². The lowest BCUT2D eigenvalue weighted by Crippen LogP contribution is -2.29. The van der Waals surface area contributed by atoms with Crippen molar-refractivity contribution in [3.63, 3.8) is 0 Å². The van der Waals surface area contributed by atoms with E-state index in [0.717, 1.165) is 43.4 Å². The van der Waals surface area contributed by atoms with Gasteiger partial charge in [-0.3, -0.25) is 4.90 Å². The second-order valence-corrected chi connectivity index (χ2v) is 6.58. The maximum atomic E-state index is 9.87. The van der Waals surface area contributed by atoms with Crippen molar-refractivity contribution in [1.29, 1.82) is 0 Å². The summed E-state index contributed by atoms with van der Waals surface area (Å²) in [4.78, 5) is 2.28. The summed E-state index contributed by atoms with van der Waals surface area (Å²) < 4.78 is 5.94. The van der Waals surface area contributed by atoms with Gasteiger partial charge in [-0.2, -0.15) is 0 Å². The van der Waals surface area contributed by atoms with Gasteiger partial charge in [0.1, 0.15) is 11.5 Å². The van der Waals surface area contributed by atoms with E-state index in [-0.39, 0.29) is 6.10 Å². The molecule has 3 rings (SSSR count). The maximum Gasteiger partial charge on any atom is 0.118 e. The van der Waals surface area contributed by atoms with Crippen LogP contribution in [0.15, 0.2) is 16.5 Å². The summed E-state index contributed by atoms with van der Waals surface area (Å²) in [7, 11) is 2.12. The average molecular weight is 263 g/mol. The summed E-state index contributed by atoms with van der Waals surface area (Å²) >= 11 is 0. The third-order valence-corrected chi connectivity index (χ3v) is 4.75. The number of nitrogens with zero attached hydrogens (tertiary/aromatic N) is 1. The van der Waals surface area contributed by atoms with Crippen LogP contribution in [0.5, 0.6) is 0 Å². The highest BCUT2D eigenvalue weighted by atomic mass is 16.3. The fraction of sp³-hybridized carbons (Fsp3) is 0.750. The van der Waals surface area contributed by atoms with Crippen LogP contribution >= 0.6 is 0 Å². The molecule has 0 bridgehead atoms. The van der Waals surface area contributed by atoms with E-state index in [2.05, 4.69) is 31.0 Å².